The van der Waals surface area contributed by atoms with E-state index in [4.69, 9.17) is 9.47 Å². The van der Waals surface area contributed by atoms with Gasteiger partial charge in [-0.25, -0.2) is 4.98 Å². The van der Waals surface area contributed by atoms with Gasteiger partial charge in [0.1, 0.15) is 23.0 Å². The van der Waals surface area contributed by atoms with Crippen LogP contribution in [0.1, 0.15) is 5.56 Å². The molecule has 0 aliphatic carbocycles. The van der Waals surface area contributed by atoms with Crippen molar-refractivity contribution >= 4 is 11.5 Å². The van der Waals surface area contributed by atoms with Crippen LogP contribution < -0.4 is 19.9 Å². The lowest BCUT2D eigenvalue weighted by Gasteiger charge is -2.19. The Morgan fingerprint density at radius 1 is 1.08 bits per heavy atom. The van der Waals surface area contributed by atoms with Crippen molar-refractivity contribution < 1.29 is 9.47 Å². The summed E-state index contributed by atoms with van der Waals surface area (Å²) in [5.74, 6) is 2.07. The smallest absolute Gasteiger partial charge is 0.259 e. The van der Waals surface area contributed by atoms with E-state index in [1.807, 2.05) is 48.3 Å². The van der Waals surface area contributed by atoms with Crippen LogP contribution in [0.4, 0.5) is 5.82 Å². The summed E-state index contributed by atoms with van der Waals surface area (Å²) in [6.07, 6.45) is 1.71. The molecule has 0 aliphatic rings. The van der Waals surface area contributed by atoms with Crippen molar-refractivity contribution in [2.45, 2.75) is 6.54 Å². The quantitative estimate of drug-likeness (QED) is 0.721. The second kappa shape index (κ2) is 6.62. The third kappa shape index (κ3) is 3.17. The fourth-order valence-corrected chi connectivity index (χ4v) is 2.55. The van der Waals surface area contributed by atoms with Gasteiger partial charge in [-0.05, 0) is 29.8 Å². The van der Waals surface area contributed by atoms with Gasteiger partial charge in [0.25, 0.3) is 5.56 Å². The maximum absolute atomic E-state index is 12.2. The molecule has 2 aromatic heterocycles. The summed E-state index contributed by atoms with van der Waals surface area (Å²) in [4.78, 5) is 18.7. The Labute approximate surface area is 139 Å². The normalized spacial score (nSPS) is 10.6. The Morgan fingerprint density at radius 2 is 1.79 bits per heavy atom. The van der Waals surface area contributed by atoms with Crippen molar-refractivity contribution in [2.75, 3.05) is 26.2 Å². The van der Waals surface area contributed by atoms with Crippen LogP contribution in [0.15, 0.2) is 53.5 Å². The van der Waals surface area contributed by atoms with Crippen LogP contribution >= 0.6 is 0 Å². The molecule has 0 atom stereocenters. The van der Waals surface area contributed by atoms with Gasteiger partial charge in [-0.1, -0.05) is 6.07 Å². The van der Waals surface area contributed by atoms with Gasteiger partial charge in [0.05, 0.1) is 14.2 Å². The molecule has 0 fully saturated rings. The molecule has 0 saturated heterocycles. The number of nitrogens with zero attached hydrogens (tertiary/aromatic N) is 3. The molecular weight excluding hydrogens is 306 g/mol. The van der Waals surface area contributed by atoms with E-state index in [2.05, 4.69) is 4.98 Å². The lowest BCUT2D eigenvalue weighted by atomic mass is 10.2. The van der Waals surface area contributed by atoms with Gasteiger partial charge in [0, 0.05) is 31.9 Å². The second-order valence-electron chi connectivity index (χ2n) is 5.46. The summed E-state index contributed by atoms with van der Waals surface area (Å²) in [5, 5.41) is 0. The highest BCUT2D eigenvalue weighted by Gasteiger charge is 2.09. The summed E-state index contributed by atoms with van der Waals surface area (Å²) in [7, 11) is 5.13. The van der Waals surface area contributed by atoms with Crippen LogP contribution in [0.3, 0.4) is 0 Å². The predicted molar refractivity (Wildman–Crippen MR) is 93.1 cm³/mol. The molecule has 2 heterocycles. The van der Waals surface area contributed by atoms with Crippen LogP contribution in [-0.2, 0) is 6.54 Å². The van der Waals surface area contributed by atoms with Gasteiger partial charge in [-0.3, -0.25) is 9.20 Å². The molecule has 1 aromatic carbocycles. The van der Waals surface area contributed by atoms with E-state index in [0.29, 0.717) is 18.0 Å². The molecule has 0 aliphatic heterocycles. The molecule has 124 valence electrons. The van der Waals surface area contributed by atoms with E-state index < -0.39 is 0 Å². The fourth-order valence-electron chi connectivity index (χ4n) is 2.55. The van der Waals surface area contributed by atoms with Gasteiger partial charge in [-0.2, -0.15) is 0 Å². The molecule has 0 saturated carbocycles. The van der Waals surface area contributed by atoms with Crippen LogP contribution in [0.2, 0.25) is 0 Å². The zero-order valence-corrected chi connectivity index (χ0v) is 13.9. The number of hydrogen-bond acceptors (Lipinski definition) is 5. The third-order valence-corrected chi connectivity index (χ3v) is 3.78. The summed E-state index contributed by atoms with van der Waals surface area (Å²) < 4.78 is 12.1. The average molecular weight is 325 g/mol. The minimum absolute atomic E-state index is 0.106. The lowest BCUT2D eigenvalue weighted by Crippen LogP contribution is -2.22. The van der Waals surface area contributed by atoms with Crippen LogP contribution in [0.5, 0.6) is 11.5 Å². The highest BCUT2D eigenvalue weighted by molar-refractivity contribution is 5.48. The predicted octanol–water partition coefficient (Wildman–Crippen LogP) is 2.35. The highest BCUT2D eigenvalue weighted by Crippen LogP contribution is 2.24. The number of pyridine rings is 1. The van der Waals surface area contributed by atoms with Crippen LogP contribution in [-0.4, -0.2) is 30.7 Å². The molecule has 0 amide bonds. The Bertz CT molecular complexity index is 899. The number of benzene rings is 1. The SMILES string of the molecule is COc1cc(CN(C)c2cc(=O)n3ccccc3n2)cc(OC)c1. The van der Waals surface area contributed by atoms with Gasteiger partial charge in [0.15, 0.2) is 0 Å². The lowest BCUT2D eigenvalue weighted by molar-refractivity contribution is 0.393. The molecular formula is C18H19N3O3. The number of ether oxygens (including phenoxy) is 2. The number of fused-ring (bicyclic) bond motifs is 1. The van der Waals surface area contributed by atoms with E-state index >= 15 is 0 Å². The molecule has 24 heavy (non-hydrogen) atoms. The monoisotopic (exact) mass is 325 g/mol. The first-order valence-electron chi connectivity index (χ1n) is 7.52. The van der Waals surface area contributed by atoms with Crippen molar-refractivity contribution in [2.24, 2.45) is 0 Å². The van der Waals surface area contributed by atoms with Crippen molar-refractivity contribution in [1.29, 1.82) is 0 Å². The number of rotatable bonds is 5. The van der Waals surface area contributed by atoms with Gasteiger partial charge < -0.3 is 14.4 Å². The Balaban J connectivity index is 1.92. The first-order valence-corrected chi connectivity index (χ1v) is 7.52. The van der Waals surface area contributed by atoms with Gasteiger partial charge in [0.2, 0.25) is 0 Å². The first-order chi connectivity index (χ1) is 11.6. The van der Waals surface area contributed by atoms with E-state index in [1.54, 1.807) is 20.4 Å². The van der Waals surface area contributed by atoms with Crippen LogP contribution in [0, 0.1) is 0 Å². The molecule has 3 rings (SSSR count). The fraction of sp³-hybridized carbons (Fsp3) is 0.222. The minimum Gasteiger partial charge on any atom is -0.497 e. The van der Waals surface area contributed by atoms with E-state index in [0.717, 1.165) is 17.1 Å². The Kier molecular flexibility index (Phi) is 4.37. The van der Waals surface area contributed by atoms with Crippen molar-refractivity contribution in [1.82, 2.24) is 9.38 Å². The molecule has 6 heteroatoms. The summed E-state index contributed by atoms with van der Waals surface area (Å²) in [6.45, 7) is 0.572. The average Bonchev–Trinajstić information content (AvgIpc) is 2.61. The zero-order valence-electron chi connectivity index (χ0n) is 13.9. The number of hydrogen-bond donors (Lipinski definition) is 0. The molecule has 0 radical (unpaired) electrons. The topological polar surface area (TPSA) is 56.1 Å². The first kappa shape index (κ1) is 15.9. The Morgan fingerprint density at radius 3 is 2.46 bits per heavy atom. The minimum atomic E-state index is -0.106. The number of aromatic nitrogens is 2. The Hall–Kier alpha value is -3.02. The maximum Gasteiger partial charge on any atom is 0.259 e. The van der Waals surface area contributed by atoms with Gasteiger partial charge >= 0.3 is 0 Å². The van der Waals surface area contributed by atoms with Crippen molar-refractivity contribution in [3.63, 3.8) is 0 Å². The highest BCUT2D eigenvalue weighted by atomic mass is 16.5. The summed E-state index contributed by atoms with van der Waals surface area (Å²) in [6, 6.07) is 12.7. The van der Waals surface area contributed by atoms with Crippen LogP contribution in [0.25, 0.3) is 5.65 Å². The maximum atomic E-state index is 12.2. The number of methoxy groups -OCH3 is 2. The standard InChI is InChI=1S/C18H19N3O3/c1-20(12-13-8-14(23-2)10-15(9-13)24-3)17-11-18(22)21-7-5-4-6-16(21)19-17/h4-11H,12H2,1-3H3. The third-order valence-electron chi connectivity index (χ3n) is 3.78. The van der Waals surface area contributed by atoms with E-state index in [1.165, 1.54) is 10.5 Å². The van der Waals surface area contributed by atoms with Gasteiger partial charge in [-0.15, -0.1) is 0 Å². The summed E-state index contributed by atoms with van der Waals surface area (Å²) in [5.41, 5.74) is 1.52. The molecule has 0 bridgehead atoms. The van der Waals surface area contributed by atoms with E-state index in [9.17, 15) is 4.79 Å². The van der Waals surface area contributed by atoms with Crippen molar-refractivity contribution in [3.8, 4) is 11.5 Å². The number of anilines is 1. The molecule has 6 nitrogen and oxygen atoms in total. The largest absolute Gasteiger partial charge is 0.497 e. The zero-order chi connectivity index (χ0) is 17.1. The summed E-state index contributed by atoms with van der Waals surface area (Å²) >= 11 is 0. The molecule has 0 unspecified atom stereocenters. The second-order valence-corrected chi connectivity index (χ2v) is 5.46. The van der Waals surface area contributed by atoms with Crippen molar-refractivity contribution in [3.05, 3.63) is 64.6 Å². The molecule has 0 N–H and O–H groups in total. The van der Waals surface area contributed by atoms with E-state index in [-0.39, 0.29) is 5.56 Å². The molecule has 0 spiro atoms. The molecule has 3 aromatic rings.